The molecule has 0 aromatic heterocycles. The Morgan fingerprint density at radius 2 is 2.05 bits per heavy atom. The summed E-state index contributed by atoms with van der Waals surface area (Å²) in [7, 11) is 8.36. The molecule has 0 saturated heterocycles. The van der Waals surface area contributed by atoms with Crippen molar-refractivity contribution in [2.45, 2.75) is 57.9 Å². The van der Waals surface area contributed by atoms with E-state index >= 15 is 0 Å². The lowest BCUT2D eigenvalue weighted by Gasteiger charge is -2.17. The highest BCUT2D eigenvalue weighted by Gasteiger charge is 2.21. The first-order chi connectivity index (χ1) is 10.3. The molecule has 0 saturated carbocycles. The molecule has 9 heteroatoms. The van der Waals surface area contributed by atoms with E-state index in [1.165, 1.54) is 14.1 Å². The van der Waals surface area contributed by atoms with Gasteiger partial charge in [0.1, 0.15) is 5.78 Å². The van der Waals surface area contributed by atoms with E-state index in [0.717, 1.165) is 19.4 Å². The summed E-state index contributed by atoms with van der Waals surface area (Å²) in [5.41, 5.74) is 7.45. The van der Waals surface area contributed by atoms with Crippen molar-refractivity contribution >= 4 is 33.8 Å². The molecule has 0 heterocycles. The van der Waals surface area contributed by atoms with Gasteiger partial charge in [0.25, 0.3) is 0 Å². The Morgan fingerprint density at radius 3 is 2.59 bits per heavy atom. The SMILES string of the molecule is [B]NCCCC[C@H](NOCC[B][B]C(=O)C(C)(C)N)C(C)=O. The van der Waals surface area contributed by atoms with E-state index in [9.17, 15) is 9.59 Å². The van der Waals surface area contributed by atoms with Crippen LogP contribution in [0.15, 0.2) is 0 Å². The molecule has 0 aromatic carbocycles. The zero-order valence-corrected chi connectivity index (χ0v) is 13.9. The average Bonchev–Trinajstić information content (AvgIpc) is 2.43. The van der Waals surface area contributed by atoms with Gasteiger partial charge >= 0.3 is 0 Å². The highest BCUT2D eigenvalue weighted by molar-refractivity contribution is 7.16. The molecule has 0 bridgehead atoms. The van der Waals surface area contributed by atoms with E-state index in [-0.39, 0.29) is 17.5 Å². The van der Waals surface area contributed by atoms with Gasteiger partial charge < -0.3 is 20.6 Å². The Kier molecular flexibility index (Phi) is 11.5. The van der Waals surface area contributed by atoms with Gasteiger partial charge in [-0.25, -0.2) is 0 Å². The van der Waals surface area contributed by atoms with Crippen molar-refractivity contribution in [3.8, 4) is 0 Å². The number of Topliss-reactive ketones (excluding diaryl/α,β-unsaturated/α-hetero) is 1. The third kappa shape index (κ3) is 11.0. The number of nitrogens with two attached hydrogens (primary N) is 1. The zero-order valence-electron chi connectivity index (χ0n) is 13.9. The fourth-order valence-corrected chi connectivity index (χ4v) is 1.61. The molecule has 0 aromatic rings. The van der Waals surface area contributed by atoms with Crippen molar-refractivity contribution in [1.82, 2.24) is 10.7 Å². The Hall–Kier alpha value is -0.625. The Morgan fingerprint density at radius 1 is 1.36 bits per heavy atom. The smallest absolute Gasteiger partial charge is 0.177 e. The van der Waals surface area contributed by atoms with Gasteiger partial charge in [0.05, 0.1) is 31.0 Å². The van der Waals surface area contributed by atoms with Crippen LogP contribution in [0.3, 0.4) is 0 Å². The second-order valence-electron chi connectivity index (χ2n) is 5.86. The monoisotopic (exact) mass is 305 g/mol. The first kappa shape index (κ1) is 21.4. The van der Waals surface area contributed by atoms with E-state index < -0.39 is 5.54 Å². The molecule has 4 radical (unpaired) electrons. The first-order valence-electron chi connectivity index (χ1n) is 7.60. The normalized spacial score (nSPS) is 12.7. The van der Waals surface area contributed by atoms with Crippen molar-refractivity contribution in [1.29, 1.82) is 0 Å². The van der Waals surface area contributed by atoms with Crippen molar-refractivity contribution < 1.29 is 14.4 Å². The second kappa shape index (κ2) is 11.9. The molecule has 0 aliphatic heterocycles. The van der Waals surface area contributed by atoms with Gasteiger partial charge in [0, 0.05) is 0 Å². The fraction of sp³-hybridized carbons (Fsp3) is 0.846. The number of carbonyl (C=O) groups is 2. The van der Waals surface area contributed by atoms with Crippen molar-refractivity contribution in [3.05, 3.63) is 0 Å². The van der Waals surface area contributed by atoms with E-state index in [2.05, 4.69) is 10.7 Å². The van der Waals surface area contributed by atoms with Crippen molar-refractivity contribution in [3.63, 3.8) is 0 Å². The molecule has 4 N–H and O–H groups in total. The minimum Gasteiger partial charge on any atom is -0.366 e. The second-order valence-corrected chi connectivity index (χ2v) is 5.86. The molecule has 0 unspecified atom stereocenters. The van der Waals surface area contributed by atoms with Crippen molar-refractivity contribution in [2.75, 3.05) is 13.2 Å². The number of hydrogen-bond donors (Lipinski definition) is 3. The van der Waals surface area contributed by atoms with Gasteiger partial charge in [-0.3, -0.25) is 4.79 Å². The average molecular weight is 305 g/mol. The predicted octanol–water partition coefficient (Wildman–Crippen LogP) is -0.686. The fourth-order valence-electron chi connectivity index (χ4n) is 1.61. The van der Waals surface area contributed by atoms with Gasteiger partial charge in [-0.05, 0) is 40.2 Å². The minimum atomic E-state index is -0.853. The quantitative estimate of drug-likeness (QED) is 0.224. The number of carbonyl (C=O) groups excluding carboxylic acids is 2. The Bertz CT molecular complexity index is 338. The molecule has 0 aliphatic rings. The minimum absolute atomic E-state index is 0.0382. The summed E-state index contributed by atoms with van der Waals surface area (Å²) in [6.07, 6.45) is 3.05. The first-order valence-corrected chi connectivity index (χ1v) is 7.60. The molecule has 0 spiro atoms. The summed E-state index contributed by atoms with van der Waals surface area (Å²) in [6.45, 7) is 5.96. The molecular formula is C13H26B3N3O3. The summed E-state index contributed by atoms with van der Waals surface area (Å²) in [5, 5.41) is 2.58. The summed E-state index contributed by atoms with van der Waals surface area (Å²) in [6, 6.07) is -0.314. The van der Waals surface area contributed by atoms with E-state index in [4.69, 9.17) is 18.6 Å². The van der Waals surface area contributed by atoms with Crippen LogP contribution in [0.1, 0.15) is 40.0 Å². The number of ketones is 1. The lowest BCUT2D eigenvalue weighted by Crippen LogP contribution is -2.46. The van der Waals surface area contributed by atoms with Gasteiger partial charge in [-0.1, -0.05) is 12.7 Å². The van der Waals surface area contributed by atoms with Crippen LogP contribution in [0.5, 0.6) is 0 Å². The molecule has 22 heavy (non-hydrogen) atoms. The number of rotatable bonds is 14. The molecule has 1 atom stereocenters. The summed E-state index contributed by atoms with van der Waals surface area (Å²) in [4.78, 5) is 28.3. The van der Waals surface area contributed by atoms with Gasteiger partial charge in [0.15, 0.2) is 15.2 Å². The van der Waals surface area contributed by atoms with E-state index in [1.54, 1.807) is 21.0 Å². The highest BCUT2D eigenvalue weighted by Crippen LogP contribution is 2.02. The summed E-state index contributed by atoms with van der Waals surface area (Å²) in [5.74, 6) is 0.0382. The zero-order chi connectivity index (χ0) is 17.0. The maximum atomic E-state index is 11.5. The number of hydrogen-bond acceptors (Lipinski definition) is 6. The van der Waals surface area contributed by atoms with E-state index in [0.29, 0.717) is 19.3 Å². The van der Waals surface area contributed by atoms with Gasteiger partial charge in [-0.15, -0.1) is 0 Å². The summed E-state index contributed by atoms with van der Waals surface area (Å²) < 4.78 is 0. The maximum absolute atomic E-state index is 11.5. The number of unbranched alkanes of at least 4 members (excludes halogenated alkanes) is 1. The highest BCUT2D eigenvalue weighted by atomic mass is 16.6. The van der Waals surface area contributed by atoms with E-state index in [1.807, 2.05) is 0 Å². The maximum Gasteiger partial charge on any atom is 0.177 e. The largest absolute Gasteiger partial charge is 0.366 e. The molecule has 6 nitrogen and oxygen atoms in total. The summed E-state index contributed by atoms with van der Waals surface area (Å²) >= 11 is 0. The molecular weight excluding hydrogens is 279 g/mol. The lowest BCUT2D eigenvalue weighted by atomic mass is 9.34. The third-order valence-electron chi connectivity index (χ3n) is 3.07. The van der Waals surface area contributed by atoms with Crippen LogP contribution in [0.4, 0.5) is 0 Å². The third-order valence-corrected chi connectivity index (χ3v) is 3.07. The lowest BCUT2D eigenvalue weighted by molar-refractivity contribution is -0.123. The predicted molar refractivity (Wildman–Crippen MR) is 90.8 cm³/mol. The van der Waals surface area contributed by atoms with Crippen LogP contribution in [0.2, 0.25) is 6.32 Å². The van der Waals surface area contributed by atoms with Crippen LogP contribution >= 0.6 is 0 Å². The van der Waals surface area contributed by atoms with Crippen LogP contribution in [-0.4, -0.2) is 58.5 Å². The standard InChI is InChI=1S/C13H26B3N3O3/c1-10(20)11(6-4-5-8-18-14)19-22-9-7-15-16-12(21)13(2,3)17/h11,18-19H,4-9,17H2,1-3H3/t11-/m0/s1. The Balaban J connectivity index is 3.72. The van der Waals surface area contributed by atoms with Crippen LogP contribution < -0.4 is 16.4 Å². The topological polar surface area (TPSA) is 93.4 Å². The molecule has 0 aliphatic carbocycles. The van der Waals surface area contributed by atoms with Gasteiger partial charge in [0.2, 0.25) is 0 Å². The van der Waals surface area contributed by atoms with Crippen molar-refractivity contribution in [2.24, 2.45) is 5.73 Å². The number of nitrogens with one attached hydrogen (secondary N) is 2. The number of hydroxylamine groups is 1. The molecule has 0 amide bonds. The molecule has 120 valence electrons. The van der Waals surface area contributed by atoms with Crippen LogP contribution in [-0.2, 0) is 14.4 Å². The van der Waals surface area contributed by atoms with Crippen LogP contribution in [0.25, 0.3) is 0 Å². The molecule has 0 fully saturated rings. The Labute approximate surface area is 136 Å². The van der Waals surface area contributed by atoms with Gasteiger partial charge in [-0.2, -0.15) is 5.48 Å². The molecule has 0 rings (SSSR count). The van der Waals surface area contributed by atoms with Crippen LogP contribution in [0, 0.1) is 0 Å².